The Kier molecular flexibility index (Phi) is 6.92. The van der Waals surface area contributed by atoms with Crippen molar-refractivity contribution in [1.82, 2.24) is 5.32 Å². The number of nitrogens with one attached hydrogen (secondary N) is 1. The molecule has 4 heteroatoms. The lowest BCUT2D eigenvalue weighted by molar-refractivity contribution is 0.0946. The number of hydrogen-bond acceptors (Lipinski definition) is 2. The largest absolute Gasteiger partial charge is 0.398 e. The van der Waals surface area contributed by atoms with Crippen molar-refractivity contribution in [3.8, 4) is 0 Å². The van der Waals surface area contributed by atoms with E-state index in [4.69, 9.17) is 5.73 Å². The number of nitrogens with two attached hydrogens (primary N) is 1. The Morgan fingerprint density at radius 2 is 2.16 bits per heavy atom. The molecule has 19 heavy (non-hydrogen) atoms. The minimum atomic E-state index is -0.0471. The summed E-state index contributed by atoms with van der Waals surface area (Å²) in [5.41, 5.74) is 6.98. The highest BCUT2D eigenvalue weighted by molar-refractivity contribution is 9.10. The smallest absolute Gasteiger partial charge is 0.251 e. The molecule has 0 aliphatic rings. The predicted molar refractivity (Wildman–Crippen MR) is 84.2 cm³/mol. The summed E-state index contributed by atoms with van der Waals surface area (Å²) in [6.45, 7) is 5.10. The topological polar surface area (TPSA) is 55.1 Å². The third-order valence-electron chi connectivity index (χ3n) is 3.35. The SMILES string of the molecule is CCCCC(CC)CNC(=O)c1ccc(Br)c(N)c1. The molecule has 1 amide bonds. The first-order chi connectivity index (χ1) is 9.08. The molecule has 1 aromatic carbocycles. The minimum Gasteiger partial charge on any atom is -0.398 e. The van der Waals surface area contributed by atoms with Crippen LogP contribution in [0, 0.1) is 5.92 Å². The minimum absolute atomic E-state index is 0.0471. The number of unbranched alkanes of at least 4 members (excludes halogenated alkanes) is 1. The zero-order chi connectivity index (χ0) is 14.3. The Bertz CT molecular complexity index is 421. The van der Waals surface area contributed by atoms with Gasteiger partial charge in [-0.05, 0) is 46.5 Å². The predicted octanol–water partition coefficient (Wildman–Crippen LogP) is 3.98. The molecule has 0 fully saturated rings. The Morgan fingerprint density at radius 1 is 1.42 bits per heavy atom. The van der Waals surface area contributed by atoms with E-state index in [0.29, 0.717) is 17.2 Å². The number of amides is 1. The number of hydrogen-bond donors (Lipinski definition) is 2. The number of carbonyl (C=O) groups is 1. The molecule has 0 aliphatic carbocycles. The van der Waals surface area contributed by atoms with E-state index in [9.17, 15) is 4.79 Å². The van der Waals surface area contributed by atoms with Gasteiger partial charge in [0.25, 0.3) is 5.91 Å². The molecule has 0 saturated heterocycles. The third kappa shape index (κ3) is 5.23. The molecule has 0 aromatic heterocycles. The van der Waals surface area contributed by atoms with Gasteiger partial charge in [0.1, 0.15) is 0 Å². The van der Waals surface area contributed by atoms with Gasteiger partial charge in [-0.25, -0.2) is 0 Å². The fourth-order valence-electron chi connectivity index (χ4n) is 1.97. The van der Waals surface area contributed by atoms with E-state index < -0.39 is 0 Å². The zero-order valence-corrected chi connectivity index (χ0v) is 13.3. The molecule has 0 radical (unpaired) electrons. The molecule has 0 bridgehead atoms. The van der Waals surface area contributed by atoms with Crippen molar-refractivity contribution < 1.29 is 4.79 Å². The van der Waals surface area contributed by atoms with E-state index in [1.54, 1.807) is 18.2 Å². The van der Waals surface area contributed by atoms with Gasteiger partial charge in [-0.15, -0.1) is 0 Å². The zero-order valence-electron chi connectivity index (χ0n) is 11.7. The second-order valence-electron chi connectivity index (χ2n) is 4.86. The van der Waals surface area contributed by atoms with Crippen LogP contribution in [-0.4, -0.2) is 12.5 Å². The summed E-state index contributed by atoms with van der Waals surface area (Å²) < 4.78 is 0.818. The Morgan fingerprint density at radius 3 is 2.74 bits per heavy atom. The normalized spacial score (nSPS) is 12.2. The molecule has 3 nitrogen and oxygen atoms in total. The van der Waals surface area contributed by atoms with Gasteiger partial charge in [-0.3, -0.25) is 4.79 Å². The van der Waals surface area contributed by atoms with Crippen molar-refractivity contribution in [1.29, 1.82) is 0 Å². The summed E-state index contributed by atoms with van der Waals surface area (Å²) in [5.74, 6) is 0.519. The first kappa shape index (κ1) is 16.0. The van der Waals surface area contributed by atoms with E-state index in [0.717, 1.165) is 17.4 Å². The van der Waals surface area contributed by atoms with E-state index in [2.05, 4.69) is 35.1 Å². The van der Waals surface area contributed by atoms with Gasteiger partial charge in [-0.1, -0.05) is 33.1 Å². The number of benzene rings is 1. The summed E-state index contributed by atoms with van der Waals surface area (Å²) in [7, 11) is 0. The van der Waals surface area contributed by atoms with Crippen LogP contribution in [0.1, 0.15) is 49.9 Å². The first-order valence-electron chi connectivity index (χ1n) is 6.91. The third-order valence-corrected chi connectivity index (χ3v) is 4.07. The molecular formula is C15H23BrN2O. The average Bonchev–Trinajstić information content (AvgIpc) is 2.41. The quantitative estimate of drug-likeness (QED) is 0.744. The van der Waals surface area contributed by atoms with Crippen LogP contribution in [0.2, 0.25) is 0 Å². The van der Waals surface area contributed by atoms with Crippen molar-refractivity contribution in [2.75, 3.05) is 12.3 Å². The van der Waals surface area contributed by atoms with Gasteiger partial charge in [-0.2, -0.15) is 0 Å². The van der Waals surface area contributed by atoms with Crippen LogP contribution in [0.25, 0.3) is 0 Å². The van der Waals surface area contributed by atoms with Gasteiger partial charge in [0.05, 0.1) is 0 Å². The Hall–Kier alpha value is -1.03. The van der Waals surface area contributed by atoms with Crippen molar-refractivity contribution in [2.45, 2.75) is 39.5 Å². The lowest BCUT2D eigenvalue weighted by Gasteiger charge is -2.15. The van der Waals surface area contributed by atoms with E-state index >= 15 is 0 Å². The van der Waals surface area contributed by atoms with Gasteiger partial charge >= 0.3 is 0 Å². The molecule has 0 spiro atoms. The Labute approximate surface area is 124 Å². The fraction of sp³-hybridized carbons (Fsp3) is 0.533. The standard InChI is InChI=1S/C15H23BrN2O/c1-3-5-6-11(4-2)10-18-15(19)12-7-8-13(16)14(17)9-12/h7-9,11H,3-6,10,17H2,1-2H3,(H,18,19). The molecular weight excluding hydrogens is 304 g/mol. The van der Waals surface area contributed by atoms with E-state index in [1.807, 2.05) is 0 Å². The van der Waals surface area contributed by atoms with Gasteiger partial charge in [0.2, 0.25) is 0 Å². The molecule has 106 valence electrons. The van der Waals surface area contributed by atoms with E-state index in [1.165, 1.54) is 19.3 Å². The maximum atomic E-state index is 12.0. The molecule has 1 unspecified atom stereocenters. The fourth-order valence-corrected chi connectivity index (χ4v) is 2.21. The highest BCUT2D eigenvalue weighted by Crippen LogP contribution is 2.20. The van der Waals surface area contributed by atoms with E-state index in [-0.39, 0.29) is 5.91 Å². The van der Waals surface area contributed by atoms with Crippen molar-refractivity contribution in [3.63, 3.8) is 0 Å². The molecule has 0 aliphatic heterocycles. The molecule has 0 heterocycles. The van der Waals surface area contributed by atoms with Gasteiger partial charge in [0.15, 0.2) is 0 Å². The highest BCUT2D eigenvalue weighted by Gasteiger charge is 2.10. The van der Waals surface area contributed by atoms with Crippen molar-refractivity contribution in [2.24, 2.45) is 5.92 Å². The lowest BCUT2D eigenvalue weighted by atomic mass is 9.99. The van der Waals surface area contributed by atoms with Crippen LogP contribution in [0.3, 0.4) is 0 Å². The monoisotopic (exact) mass is 326 g/mol. The molecule has 1 atom stereocenters. The summed E-state index contributed by atoms with van der Waals surface area (Å²) in [4.78, 5) is 12.0. The van der Waals surface area contributed by atoms with Crippen molar-refractivity contribution >= 4 is 27.5 Å². The summed E-state index contributed by atoms with van der Waals surface area (Å²) in [6.07, 6.45) is 4.70. The summed E-state index contributed by atoms with van der Waals surface area (Å²) in [6, 6.07) is 5.29. The maximum absolute atomic E-state index is 12.0. The lowest BCUT2D eigenvalue weighted by Crippen LogP contribution is -2.29. The maximum Gasteiger partial charge on any atom is 0.251 e. The van der Waals surface area contributed by atoms with Gasteiger partial charge in [0, 0.05) is 22.3 Å². The van der Waals surface area contributed by atoms with Crippen LogP contribution < -0.4 is 11.1 Å². The number of halogens is 1. The number of carbonyl (C=O) groups excluding carboxylic acids is 1. The number of rotatable bonds is 7. The summed E-state index contributed by atoms with van der Waals surface area (Å²) in [5, 5.41) is 3.00. The van der Waals surface area contributed by atoms with Crippen LogP contribution >= 0.6 is 15.9 Å². The second-order valence-corrected chi connectivity index (χ2v) is 5.72. The van der Waals surface area contributed by atoms with Crippen LogP contribution in [0.5, 0.6) is 0 Å². The molecule has 0 saturated carbocycles. The second kappa shape index (κ2) is 8.20. The molecule has 3 N–H and O–H groups in total. The van der Waals surface area contributed by atoms with Crippen LogP contribution in [0.15, 0.2) is 22.7 Å². The molecule has 1 aromatic rings. The average molecular weight is 327 g/mol. The Balaban J connectivity index is 2.52. The number of anilines is 1. The molecule has 1 rings (SSSR count). The highest BCUT2D eigenvalue weighted by atomic mass is 79.9. The summed E-state index contributed by atoms with van der Waals surface area (Å²) >= 11 is 3.32. The van der Waals surface area contributed by atoms with Crippen molar-refractivity contribution in [3.05, 3.63) is 28.2 Å². The number of nitrogen functional groups attached to an aromatic ring is 1. The van der Waals surface area contributed by atoms with Gasteiger partial charge < -0.3 is 11.1 Å². The van der Waals surface area contributed by atoms with Crippen LogP contribution in [0.4, 0.5) is 5.69 Å². The first-order valence-corrected chi connectivity index (χ1v) is 7.71. The van der Waals surface area contributed by atoms with Crippen LogP contribution in [-0.2, 0) is 0 Å².